The van der Waals surface area contributed by atoms with Gasteiger partial charge in [-0.1, -0.05) is 0 Å². The minimum absolute atomic E-state index is 0.148. The average Bonchev–Trinajstić information content (AvgIpc) is 3.38. The maximum Gasteiger partial charge on any atom is 0.416 e. The van der Waals surface area contributed by atoms with Gasteiger partial charge in [-0.05, 0) is 29.7 Å². The van der Waals surface area contributed by atoms with Crippen molar-refractivity contribution in [3.8, 4) is 17.5 Å². The van der Waals surface area contributed by atoms with Crippen LogP contribution in [0, 0.1) is 11.3 Å². The van der Waals surface area contributed by atoms with Gasteiger partial charge in [0.25, 0.3) is 5.56 Å². The molecule has 0 aliphatic carbocycles. The molecule has 7 nitrogen and oxygen atoms in total. The molecule has 0 radical (unpaired) electrons. The maximum absolute atomic E-state index is 13.0. The highest BCUT2D eigenvalue weighted by atomic mass is 32.1. The number of halogens is 3. The van der Waals surface area contributed by atoms with Crippen molar-refractivity contribution in [3.05, 3.63) is 69.7 Å². The highest BCUT2D eigenvalue weighted by Crippen LogP contribution is 2.36. The highest BCUT2D eigenvalue weighted by molar-refractivity contribution is 7.15. The Balaban J connectivity index is 1.66. The molecule has 0 fully saturated rings. The summed E-state index contributed by atoms with van der Waals surface area (Å²) < 4.78 is 45.2. The van der Waals surface area contributed by atoms with E-state index in [-0.39, 0.29) is 22.4 Å². The predicted octanol–water partition coefficient (Wildman–Crippen LogP) is 4.25. The van der Waals surface area contributed by atoms with Crippen LogP contribution in [0.15, 0.2) is 57.4 Å². The van der Waals surface area contributed by atoms with E-state index in [2.05, 4.69) is 10.3 Å². The predicted molar refractivity (Wildman–Crippen MR) is 106 cm³/mol. The maximum atomic E-state index is 13.0. The van der Waals surface area contributed by atoms with Gasteiger partial charge < -0.3 is 9.73 Å². The van der Waals surface area contributed by atoms with Crippen LogP contribution in [0.25, 0.3) is 22.4 Å². The summed E-state index contributed by atoms with van der Waals surface area (Å²) in [6.07, 6.45) is -1.81. The molecule has 0 unspecified atom stereocenters. The Labute approximate surface area is 176 Å². The van der Waals surface area contributed by atoms with Gasteiger partial charge in [-0.2, -0.15) is 18.4 Å². The third-order valence-electron chi connectivity index (χ3n) is 4.43. The number of rotatable bonds is 4. The van der Waals surface area contributed by atoms with Crippen molar-refractivity contribution in [2.75, 3.05) is 5.32 Å². The molecular weight excluding hydrogens is 433 g/mol. The topological polar surface area (TPSA) is 101 Å². The van der Waals surface area contributed by atoms with Crippen molar-refractivity contribution in [3.63, 3.8) is 0 Å². The minimum Gasteiger partial charge on any atom is -0.444 e. The van der Waals surface area contributed by atoms with Gasteiger partial charge in [0.1, 0.15) is 23.9 Å². The fourth-order valence-corrected chi connectivity index (χ4v) is 3.94. The molecule has 31 heavy (non-hydrogen) atoms. The van der Waals surface area contributed by atoms with Crippen LogP contribution in [0.5, 0.6) is 0 Å². The van der Waals surface area contributed by atoms with Crippen LogP contribution < -0.4 is 10.9 Å². The normalized spacial score (nSPS) is 11.4. The molecule has 0 atom stereocenters. The monoisotopic (exact) mass is 444 g/mol. The van der Waals surface area contributed by atoms with Crippen LogP contribution in [-0.2, 0) is 17.5 Å². The fourth-order valence-electron chi connectivity index (χ4n) is 3.04. The number of benzene rings is 1. The lowest BCUT2D eigenvalue weighted by Crippen LogP contribution is -2.27. The van der Waals surface area contributed by atoms with Crippen LogP contribution in [0.1, 0.15) is 11.1 Å². The molecule has 3 heterocycles. The Hall–Kier alpha value is -3.91. The largest absolute Gasteiger partial charge is 0.444 e. The first kappa shape index (κ1) is 20.4. The second-order valence-corrected chi connectivity index (χ2v) is 7.26. The number of hydrogen-bond donors (Lipinski definition) is 1. The first-order chi connectivity index (χ1) is 14.8. The molecule has 1 aromatic carbocycles. The SMILES string of the molecule is N#Cc1csc(NC(=O)Cn2c(=O)ccc3cc(C(F)(F)F)ccc32)c1-c1ncco1. The molecule has 0 saturated heterocycles. The first-order valence-electron chi connectivity index (χ1n) is 8.70. The van der Waals surface area contributed by atoms with Crippen molar-refractivity contribution in [1.82, 2.24) is 9.55 Å². The first-order valence-corrected chi connectivity index (χ1v) is 9.58. The molecule has 1 N–H and O–H groups in total. The molecule has 0 bridgehead atoms. The Morgan fingerprint density at radius 2 is 2.10 bits per heavy atom. The zero-order valence-electron chi connectivity index (χ0n) is 15.4. The number of amides is 1. The number of nitriles is 1. The number of carbonyl (C=O) groups excluding carboxylic acids is 1. The van der Waals surface area contributed by atoms with Gasteiger partial charge >= 0.3 is 6.18 Å². The second-order valence-electron chi connectivity index (χ2n) is 6.38. The summed E-state index contributed by atoms with van der Waals surface area (Å²) in [5.41, 5.74) is -0.643. The van der Waals surface area contributed by atoms with E-state index >= 15 is 0 Å². The molecule has 1 amide bonds. The quantitative estimate of drug-likeness (QED) is 0.507. The van der Waals surface area contributed by atoms with Crippen molar-refractivity contribution in [2.24, 2.45) is 0 Å². The van der Waals surface area contributed by atoms with Gasteiger partial charge in [-0.25, -0.2) is 4.98 Å². The summed E-state index contributed by atoms with van der Waals surface area (Å²) >= 11 is 1.08. The molecule has 4 rings (SSSR count). The number of fused-ring (bicyclic) bond motifs is 1. The lowest BCUT2D eigenvalue weighted by Gasteiger charge is -2.12. The van der Waals surface area contributed by atoms with E-state index in [1.54, 1.807) is 0 Å². The van der Waals surface area contributed by atoms with Crippen LogP contribution in [0.4, 0.5) is 18.2 Å². The third-order valence-corrected chi connectivity index (χ3v) is 5.32. The molecule has 3 aromatic heterocycles. The summed E-state index contributed by atoms with van der Waals surface area (Å²) in [7, 11) is 0. The number of aromatic nitrogens is 2. The summed E-state index contributed by atoms with van der Waals surface area (Å²) in [5, 5.41) is 13.9. The van der Waals surface area contributed by atoms with Gasteiger partial charge in [0.05, 0.1) is 28.4 Å². The number of nitrogens with zero attached hydrogens (tertiary/aromatic N) is 3. The number of thiophene rings is 1. The number of carbonyl (C=O) groups is 1. The van der Waals surface area contributed by atoms with Crippen LogP contribution in [-0.4, -0.2) is 15.5 Å². The number of anilines is 1. The summed E-state index contributed by atoms with van der Waals surface area (Å²) in [6, 6.07) is 7.30. The van der Waals surface area contributed by atoms with E-state index in [0.717, 1.165) is 40.2 Å². The van der Waals surface area contributed by atoms with Gasteiger partial charge in [-0.3, -0.25) is 14.2 Å². The van der Waals surface area contributed by atoms with Crippen LogP contribution in [0.3, 0.4) is 0 Å². The molecule has 0 aliphatic heterocycles. The zero-order chi connectivity index (χ0) is 22.2. The van der Waals surface area contributed by atoms with Crippen molar-refractivity contribution < 1.29 is 22.4 Å². The summed E-state index contributed by atoms with van der Waals surface area (Å²) in [6.45, 7) is -0.438. The lowest BCUT2D eigenvalue weighted by atomic mass is 10.1. The standard InChI is InChI=1S/C20H11F3N4O3S/c21-20(22,23)13-2-3-14-11(7-13)1-4-16(29)27(14)9-15(28)26-19-17(12(8-24)10-31-19)18-25-5-6-30-18/h1-7,10H,9H2,(H,26,28). The zero-order valence-corrected chi connectivity index (χ0v) is 16.3. The molecule has 0 spiro atoms. The van der Waals surface area contributed by atoms with Gasteiger partial charge in [0, 0.05) is 11.4 Å². The number of hydrogen-bond acceptors (Lipinski definition) is 6. The second kappa shape index (κ2) is 7.73. The van der Waals surface area contributed by atoms with Gasteiger partial charge in [0.2, 0.25) is 11.8 Å². The third kappa shape index (κ3) is 3.93. The van der Waals surface area contributed by atoms with Crippen LogP contribution >= 0.6 is 11.3 Å². The smallest absolute Gasteiger partial charge is 0.416 e. The molecule has 156 valence electrons. The van der Waals surface area contributed by atoms with E-state index < -0.39 is 29.8 Å². The molecule has 0 saturated carbocycles. The van der Waals surface area contributed by atoms with E-state index in [1.165, 1.54) is 23.9 Å². The van der Waals surface area contributed by atoms with Gasteiger partial charge in [0.15, 0.2) is 0 Å². The van der Waals surface area contributed by atoms with E-state index in [9.17, 15) is 28.0 Å². The Morgan fingerprint density at radius 3 is 2.77 bits per heavy atom. The van der Waals surface area contributed by atoms with Crippen molar-refractivity contribution >= 4 is 33.1 Å². The van der Waals surface area contributed by atoms with E-state index in [4.69, 9.17) is 4.42 Å². The molecule has 4 aromatic rings. The highest BCUT2D eigenvalue weighted by Gasteiger charge is 2.30. The summed E-state index contributed by atoms with van der Waals surface area (Å²) in [5.74, 6) is -0.455. The fraction of sp³-hybridized carbons (Fsp3) is 0.100. The van der Waals surface area contributed by atoms with Gasteiger partial charge in [-0.15, -0.1) is 11.3 Å². The van der Waals surface area contributed by atoms with E-state index in [1.807, 2.05) is 6.07 Å². The number of oxazole rings is 1. The molecule has 11 heteroatoms. The van der Waals surface area contributed by atoms with Crippen LogP contribution in [0.2, 0.25) is 0 Å². The Kier molecular flexibility index (Phi) is 5.08. The number of pyridine rings is 1. The molecule has 0 aliphatic rings. The van der Waals surface area contributed by atoms with E-state index in [0.29, 0.717) is 10.6 Å². The van der Waals surface area contributed by atoms with Crippen molar-refractivity contribution in [1.29, 1.82) is 5.26 Å². The number of nitrogens with one attached hydrogen (secondary N) is 1. The molecular formula is C20H11F3N4O3S. The summed E-state index contributed by atoms with van der Waals surface area (Å²) in [4.78, 5) is 28.9. The average molecular weight is 444 g/mol. The lowest BCUT2D eigenvalue weighted by molar-refractivity contribution is -0.137. The van der Waals surface area contributed by atoms with Crippen molar-refractivity contribution in [2.45, 2.75) is 12.7 Å². The Bertz CT molecular complexity index is 1380. The number of alkyl halides is 3. The Morgan fingerprint density at radius 1 is 1.29 bits per heavy atom. The minimum atomic E-state index is -4.53.